The van der Waals surface area contributed by atoms with Gasteiger partial charge in [-0.05, 0) is 19.4 Å². The highest BCUT2D eigenvalue weighted by atomic mass is 32.1. The molecule has 4 heteroatoms. The van der Waals surface area contributed by atoms with Crippen LogP contribution in [-0.2, 0) is 0 Å². The third-order valence-corrected chi connectivity index (χ3v) is 3.36. The lowest BCUT2D eigenvalue weighted by Gasteiger charge is -2.21. The van der Waals surface area contributed by atoms with Crippen molar-refractivity contribution in [2.75, 3.05) is 6.54 Å². The second kappa shape index (κ2) is 6.09. The second-order valence-electron chi connectivity index (χ2n) is 3.53. The van der Waals surface area contributed by atoms with E-state index in [0.717, 1.165) is 18.0 Å². The average molecular weight is 213 g/mol. The fraction of sp³-hybridized carbons (Fsp3) is 0.800. The standard InChI is InChI=1S/C10H19N3S/c1-4-6-11-9(5-2)8(3)10-13-12-7-14-10/h7-9,11H,4-6H2,1-3H3. The van der Waals surface area contributed by atoms with Crippen molar-refractivity contribution in [2.24, 2.45) is 0 Å². The molecular formula is C10H19N3S. The van der Waals surface area contributed by atoms with Crippen LogP contribution in [0.5, 0.6) is 0 Å². The first-order valence-corrected chi connectivity index (χ1v) is 6.17. The molecule has 3 nitrogen and oxygen atoms in total. The summed E-state index contributed by atoms with van der Waals surface area (Å²) in [5.41, 5.74) is 1.80. The normalized spacial score (nSPS) is 15.4. The van der Waals surface area contributed by atoms with Gasteiger partial charge in [0.05, 0.1) is 0 Å². The zero-order valence-electron chi connectivity index (χ0n) is 9.16. The minimum absolute atomic E-state index is 0.471. The summed E-state index contributed by atoms with van der Waals surface area (Å²) in [6, 6.07) is 0.530. The van der Waals surface area contributed by atoms with Crippen LogP contribution < -0.4 is 5.32 Å². The molecule has 1 heterocycles. The van der Waals surface area contributed by atoms with Gasteiger partial charge in [0.2, 0.25) is 0 Å². The van der Waals surface area contributed by atoms with Crippen LogP contribution in [0.25, 0.3) is 0 Å². The summed E-state index contributed by atoms with van der Waals surface area (Å²) < 4.78 is 0. The molecule has 0 saturated carbocycles. The van der Waals surface area contributed by atoms with Gasteiger partial charge in [-0.25, -0.2) is 0 Å². The Labute approximate surface area is 89.9 Å². The van der Waals surface area contributed by atoms with Gasteiger partial charge >= 0.3 is 0 Å². The number of nitrogens with zero attached hydrogens (tertiary/aromatic N) is 2. The molecule has 80 valence electrons. The molecular weight excluding hydrogens is 194 g/mol. The van der Waals surface area contributed by atoms with Crippen molar-refractivity contribution in [3.05, 3.63) is 10.5 Å². The van der Waals surface area contributed by atoms with Crippen molar-refractivity contribution >= 4 is 11.3 Å². The number of hydrogen-bond donors (Lipinski definition) is 1. The summed E-state index contributed by atoms with van der Waals surface area (Å²) in [5, 5.41) is 12.7. The first kappa shape index (κ1) is 11.6. The van der Waals surface area contributed by atoms with Crippen LogP contribution in [0.15, 0.2) is 5.51 Å². The summed E-state index contributed by atoms with van der Waals surface area (Å²) >= 11 is 1.65. The molecule has 0 aliphatic rings. The molecule has 0 amide bonds. The third-order valence-electron chi connectivity index (χ3n) is 2.47. The van der Waals surface area contributed by atoms with Crippen LogP contribution in [-0.4, -0.2) is 22.8 Å². The monoisotopic (exact) mass is 213 g/mol. The molecule has 0 radical (unpaired) electrons. The summed E-state index contributed by atoms with van der Waals surface area (Å²) in [6.07, 6.45) is 2.32. The van der Waals surface area contributed by atoms with Crippen LogP contribution in [0.3, 0.4) is 0 Å². The van der Waals surface area contributed by atoms with Crippen molar-refractivity contribution in [1.29, 1.82) is 0 Å². The molecule has 1 rings (SSSR count). The Bertz CT molecular complexity index is 236. The molecule has 0 bridgehead atoms. The average Bonchev–Trinajstić information content (AvgIpc) is 2.71. The van der Waals surface area contributed by atoms with E-state index in [2.05, 4.69) is 36.3 Å². The van der Waals surface area contributed by atoms with E-state index in [9.17, 15) is 0 Å². The zero-order chi connectivity index (χ0) is 10.4. The van der Waals surface area contributed by atoms with E-state index < -0.39 is 0 Å². The van der Waals surface area contributed by atoms with Gasteiger partial charge in [0.15, 0.2) is 0 Å². The Morgan fingerprint density at radius 2 is 2.29 bits per heavy atom. The van der Waals surface area contributed by atoms with Crippen molar-refractivity contribution in [1.82, 2.24) is 15.5 Å². The maximum atomic E-state index is 4.12. The summed E-state index contributed by atoms with van der Waals surface area (Å²) in [5.74, 6) is 0.471. The van der Waals surface area contributed by atoms with Crippen LogP contribution in [0, 0.1) is 0 Å². The van der Waals surface area contributed by atoms with E-state index in [0.29, 0.717) is 12.0 Å². The molecule has 0 aliphatic heterocycles. The smallest absolute Gasteiger partial charge is 0.121 e. The third kappa shape index (κ3) is 3.03. The Kier molecular flexibility index (Phi) is 5.04. The minimum Gasteiger partial charge on any atom is -0.313 e. The number of aromatic nitrogens is 2. The topological polar surface area (TPSA) is 37.8 Å². The SMILES string of the molecule is CCCNC(CC)C(C)c1nncs1. The number of rotatable bonds is 6. The molecule has 14 heavy (non-hydrogen) atoms. The van der Waals surface area contributed by atoms with Gasteiger partial charge in [-0.3, -0.25) is 0 Å². The number of hydrogen-bond acceptors (Lipinski definition) is 4. The maximum Gasteiger partial charge on any atom is 0.121 e. The zero-order valence-corrected chi connectivity index (χ0v) is 9.97. The van der Waals surface area contributed by atoms with E-state index >= 15 is 0 Å². The maximum absolute atomic E-state index is 4.12. The van der Waals surface area contributed by atoms with Crippen LogP contribution in [0.4, 0.5) is 0 Å². The predicted molar refractivity (Wildman–Crippen MR) is 60.7 cm³/mol. The predicted octanol–water partition coefficient (Wildman–Crippen LogP) is 2.42. The van der Waals surface area contributed by atoms with E-state index in [1.54, 1.807) is 16.8 Å². The Morgan fingerprint density at radius 3 is 2.79 bits per heavy atom. The van der Waals surface area contributed by atoms with Crippen LogP contribution >= 0.6 is 11.3 Å². The molecule has 1 aromatic rings. The highest BCUT2D eigenvalue weighted by Crippen LogP contribution is 2.21. The first-order valence-electron chi connectivity index (χ1n) is 5.29. The highest BCUT2D eigenvalue weighted by Gasteiger charge is 2.18. The lowest BCUT2D eigenvalue weighted by Crippen LogP contribution is -2.33. The molecule has 0 fully saturated rings. The van der Waals surface area contributed by atoms with Gasteiger partial charge in [0.1, 0.15) is 10.5 Å². The van der Waals surface area contributed by atoms with Crippen LogP contribution in [0.1, 0.15) is 44.5 Å². The first-order chi connectivity index (χ1) is 6.79. The van der Waals surface area contributed by atoms with Gasteiger partial charge in [0, 0.05) is 12.0 Å². The molecule has 0 aromatic carbocycles. The quantitative estimate of drug-likeness (QED) is 0.788. The van der Waals surface area contributed by atoms with E-state index in [-0.39, 0.29) is 0 Å². The Hall–Kier alpha value is -0.480. The molecule has 0 saturated heterocycles. The summed E-state index contributed by atoms with van der Waals surface area (Å²) in [6.45, 7) is 7.71. The summed E-state index contributed by atoms with van der Waals surface area (Å²) in [7, 11) is 0. The largest absolute Gasteiger partial charge is 0.313 e. The molecule has 2 atom stereocenters. The van der Waals surface area contributed by atoms with Gasteiger partial charge in [-0.15, -0.1) is 21.5 Å². The van der Waals surface area contributed by atoms with Crippen molar-refractivity contribution < 1.29 is 0 Å². The van der Waals surface area contributed by atoms with E-state index in [1.807, 2.05) is 0 Å². The second-order valence-corrected chi connectivity index (χ2v) is 4.40. The molecule has 0 spiro atoms. The summed E-state index contributed by atoms with van der Waals surface area (Å²) in [4.78, 5) is 0. The molecule has 2 unspecified atom stereocenters. The van der Waals surface area contributed by atoms with Gasteiger partial charge < -0.3 is 5.32 Å². The highest BCUT2D eigenvalue weighted by molar-refractivity contribution is 7.09. The van der Waals surface area contributed by atoms with E-state index in [1.165, 1.54) is 6.42 Å². The molecule has 1 N–H and O–H groups in total. The minimum atomic E-state index is 0.471. The van der Waals surface area contributed by atoms with Crippen molar-refractivity contribution in [2.45, 2.75) is 45.6 Å². The Morgan fingerprint density at radius 1 is 1.50 bits per heavy atom. The van der Waals surface area contributed by atoms with Gasteiger partial charge in [-0.1, -0.05) is 20.8 Å². The van der Waals surface area contributed by atoms with Crippen LogP contribution in [0.2, 0.25) is 0 Å². The lowest BCUT2D eigenvalue weighted by atomic mass is 10.0. The van der Waals surface area contributed by atoms with E-state index in [4.69, 9.17) is 0 Å². The fourth-order valence-electron chi connectivity index (χ4n) is 1.56. The lowest BCUT2D eigenvalue weighted by molar-refractivity contribution is 0.436. The fourth-order valence-corrected chi connectivity index (χ4v) is 2.23. The van der Waals surface area contributed by atoms with Gasteiger partial charge in [0.25, 0.3) is 0 Å². The molecule has 1 aromatic heterocycles. The number of nitrogens with one attached hydrogen (secondary N) is 1. The molecule has 0 aliphatic carbocycles. The Balaban J connectivity index is 2.51. The van der Waals surface area contributed by atoms with Crippen molar-refractivity contribution in [3.8, 4) is 0 Å². The van der Waals surface area contributed by atoms with Crippen molar-refractivity contribution in [3.63, 3.8) is 0 Å². The van der Waals surface area contributed by atoms with Gasteiger partial charge in [-0.2, -0.15) is 0 Å².